The number of nitrogens with zero attached hydrogens (tertiary/aromatic N) is 1. The zero-order valence-electron chi connectivity index (χ0n) is 14.7. The predicted molar refractivity (Wildman–Crippen MR) is 112 cm³/mol. The van der Waals surface area contributed by atoms with E-state index in [1.165, 1.54) is 11.7 Å². The number of ether oxygens (including phenoxy) is 1. The molecule has 2 aromatic heterocycles. The van der Waals surface area contributed by atoms with Crippen molar-refractivity contribution >= 4 is 39.6 Å². The molecule has 0 spiro atoms. The largest absolute Gasteiger partial charge is 0.465 e. The number of hydrogen-bond acceptors (Lipinski definition) is 3. The Kier molecular flexibility index (Phi) is 4.39. The molecule has 0 saturated carbocycles. The number of hydrogen-bond donors (Lipinski definition) is 2. The molecule has 0 aliphatic rings. The molecule has 0 aliphatic carbocycles. The summed E-state index contributed by atoms with van der Waals surface area (Å²) in [4.78, 5) is 31.4. The Balaban J connectivity index is 2.11. The standard InChI is InChI=1S/C20H16IN3O3/c1-11-16(19(25)27-2)18(17(22-11)12-7-9-13(21)10-8-12)24-15-6-4-3-5-14(15)23-20(24)26/h3-10,22H,1-2H3,(H,23,26). The number of para-hydroxylation sites is 2. The van der Waals surface area contributed by atoms with E-state index in [1.807, 2.05) is 48.5 Å². The topological polar surface area (TPSA) is 79.9 Å². The van der Waals surface area contributed by atoms with Gasteiger partial charge in [-0.05, 0) is 53.8 Å². The van der Waals surface area contributed by atoms with Gasteiger partial charge in [-0.2, -0.15) is 0 Å². The van der Waals surface area contributed by atoms with Crippen molar-refractivity contribution in [1.29, 1.82) is 0 Å². The Bertz CT molecular complexity index is 1220. The summed E-state index contributed by atoms with van der Waals surface area (Å²) < 4.78 is 7.61. The predicted octanol–water partition coefficient (Wildman–Crippen LogP) is 4.01. The van der Waals surface area contributed by atoms with E-state index >= 15 is 0 Å². The fourth-order valence-electron chi connectivity index (χ4n) is 3.29. The van der Waals surface area contributed by atoms with Crippen LogP contribution in [0, 0.1) is 10.5 Å². The fourth-order valence-corrected chi connectivity index (χ4v) is 3.65. The summed E-state index contributed by atoms with van der Waals surface area (Å²) in [5, 5.41) is 0. The van der Waals surface area contributed by atoms with Crippen LogP contribution in [-0.4, -0.2) is 27.6 Å². The van der Waals surface area contributed by atoms with Gasteiger partial charge in [0.15, 0.2) is 0 Å². The van der Waals surface area contributed by atoms with Crippen LogP contribution in [-0.2, 0) is 4.74 Å². The van der Waals surface area contributed by atoms with Gasteiger partial charge in [0, 0.05) is 14.8 Å². The minimum absolute atomic E-state index is 0.313. The van der Waals surface area contributed by atoms with Gasteiger partial charge in [0.2, 0.25) is 0 Å². The van der Waals surface area contributed by atoms with E-state index in [1.54, 1.807) is 6.92 Å². The van der Waals surface area contributed by atoms with Crippen LogP contribution in [0.5, 0.6) is 0 Å². The van der Waals surface area contributed by atoms with Gasteiger partial charge in [0.05, 0.1) is 29.5 Å². The number of aromatic nitrogens is 3. The van der Waals surface area contributed by atoms with Crippen LogP contribution in [0.25, 0.3) is 28.0 Å². The number of carbonyl (C=O) groups excluding carboxylic acids is 1. The molecule has 0 amide bonds. The molecule has 0 saturated heterocycles. The van der Waals surface area contributed by atoms with Gasteiger partial charge in [-0.25, -0.2) is 9.59 Å². The van der Waals surface area contributed by atoms with E-state index in [2.05, 4.69) is 32.6 Å². The van der Waals surface area contributed by atoms with Gasteiger partial charge in [0.1, 0.15) is 5.56 Å². The first-order valence-corrected chi connectivity index (χ1v) is 9.36. The molecule has 4 rings (SSSR count). The Hall–Kier alpha value is -2.81. The normalized spacial score (nSPS) is 11.1. The first-order valence-electron chi connectivity index (χ1n) is 8.28. The summed E-state index contributed by atoms with van der Waals surface area (Å²) in [5.74, 6) is -0.493. The highest BCUT2D eigenvalue weighted by atomic mass is 127. The van der Waals surface area contributed by atoms with Gasteiger partial charge >= 0.3 is 11.7 Å². The molecule has 6 nitrogen and oxygen atoms in total. The highest BCUT2D eigenvalue weighted by Crippen LogP contribution is 2.33. The third kappa shape index (κ3) is 2.87. The van der Waals surface area contributed by atoms with Crippen LogP contribution in [0.15, 0.2) is 53.3 Å². The SMILES string of the molecule is COC(=O)c1c(C)[nH]c(-c2ccc(I)cc2)c1-n1c(=O)[nH]c2ccccc21. The van der Waals surface area contributed by atoms with Crippen LogP contribution < -0.4 is 5.69 Å². The van der Waals surface area contributed by atoms with E-state index in [0.717, 1.165) is 9.13 Å². The number of benzene rings is 2. The average Bonchev–Trinajstić information content (AvgIpc) is 3.17. The van der Waals surface area contributed by atoms with Crippen molar-refractivity contribution in [3.05, 3.63) is 73.8 Å². The Labute approximate surface area is 168 Å². The molecule has 0 atom stereocenters. The second-order valence-electron chi connectivity index (χ2n) is 6.13. The number of rotatable bonds is 3. The summed E-state index contributed by atoms with van der Waals surface area (Å²) in [5.41, 5.74) is 4.12. The Morgan fingerprint density at radius 1 is 1.07 bits per heavy atom. The minimum Gasteiger partial charge on any atom is -0.465 e. The van der Waals surface area contributed by atoms with Crippen LogP contribution in [0.1, 0.15) is 16.1 Å². The second kappa shape index (κ2) is 6.73. The third-order valence-corrected chi connectivity index (χ3v) is 5.22. The summed E-state index contributed by atoms with van der Waals surface area (Å²) in [7, 11) is 1.33. The minimum atomic E-state index is -0.493. The first-order chi connectivity index (χ1) is 13.0. The summed E-state index contributed by atoms with van der Waals surface area (Å²) in [6, 6.07) is 15.2. The molecule has 27 heavy (non-hydrogen) atoms. The van der Waals surface area contributed by atoms with Crippen molar-refractivity contribution in [3.63, 3.8) is 0 Å². The molecule has 4 aromatic rings. The average molecular weight is 473 g/mol. The molecular formula is C20H16IN3O3. The van der Waals surface area contributed by atoms with Gasteiger partial charge in [0.25, 0.3) is 0 Å². The van der Waals surface area contributed by atoms with Gasteiger partial charge < -0.3 is 14.7 Å². The van der Waals surface area contributed by atoms with Gasteiger partial charge in [-0.15, -0.1) is 0 Å². The number of fused-ring (bicyclic) bond motifs is 1. The monoisotopic (exact) mass is 473 g/mol. The number of nitrogens with one attached hydrogen (secondary N) is 2. The first kappa shape index (κ1) is 17.6. The smallest absolute Gasteiger partial charge is 0.341 e. The molecule has 7 heteroatoms. The number of aromatic amines is 2. The number of H-pyrrole nitrogens is 2. The zero-order valence-corrected chi connectivity index (χ0v) is 16.8. The molecule has 0 aliphatic heterocycles. The lowest BCUT2D eigenvalue weighted by atomic mass is 10.1. The summed E-state index contributed by atoms with van der Waals surface area (Å²) in [6.45, 7) is 1.80. The zero-order chi connectivity index (χ0) is 19.1. The Morgan fingerprint density at radius 2 is 1.78 bits per heavy atom. The van der Waals surface area contributed by atoms with Gasteiger partial charge in [-0.1, -0.05) is 24.3 Å². The maximum absolute atomic E-state index is 12.8. The quantitative estimate of drug-likeness (QED) is 0.349. The maximum atomic E-state index is 12.8. The lowest BCUT2D eigenvalue weighted by Gasteiger charge is -2.09. The molecule has 136 valence electrons. The molecule has 0 fully saturated rings. The van der Waals surface area contributed by atoms with Crippen LogP contribution in [0.4, 0.5) is 0 Å². The van der Waals surface area contributed by atoms with Crippen LogP contribution in [0.3, 0.4) is 0 Å². The van der Waals surface area contributed by atoms with E-state index in [9.17, 15) is 9.59 Å². The molecule has 0 unspecified atom stereocenters. The third-order valence-electron chi connectivity index (χ3n) is 4.50. The molecule has 0 bridgehead atoms. The van der Waals surface area contributed by atoms with E-state index in [-0.39, 0.29) is 5.69 Å². The summed E-state index contributed by atoms with van der Waals surface area (Å²) >= 11 is 2.24. The number of aryl methyl sites for hydroxylation is 1. The Morgan fingerprint density at radius 3 is 2.48 bits per heavy atom. The van der Waals surface area contributed by atoms with Gasteiger partial charge in [-0.3, -0.25) is 4.57 Å². The lowest BCUT2D eigenvalue weighted by Crippen LogP contribution is -2.18. The van der Waals surface area contributed by atoms with Crippen molar-refractivity contribution in [1.82, 2.24) is 14.5 Å². The molecular weight excluding hydrogens is 457 g/mol. The van der Waals surface area contributed by atoms with E-state index in [4.69, 9.17) is 4.74 Å². The van der Waals surface area contributed by atoms with Crippen molar-refractivity contribution < 1.29 is 9.53 Å². The van der Waals surface area contributed by atoms with Crippen molar-refractivity contribution in [2.24, 2.45) is 0 Å². The number of imidazole rings is 1. The van der Waals surface area contributed by atoms with E-state index < -0.39 is 5.97 Å². The number of esters is 1. The van der Waals surface area contributed by atoms with Crippen molar-refractivity contribution in [3.8, 4) is 16.9 Å². The highest BCUT2D eigenvalue weighted by Gasteiger charge is 2.26. The molecule has 2 aromatic carbocycles. The highest BCUT2D eigenvalue weighted by molar-refractivity contribution is 14.1. The van der Waals surface area contributed by atoms with Crippen molar-refractivity contribution in [2.75, 3.05) is 7.11 Å². The molecule has 0 radical (unpaired) electrons. The van der Waals surface area contributed by atoms with Crippen molar-refractivity contribution in [2.45, 2.75) is 6.92 Å². The number of carbonyl (C=O) groups is 1. The van der Waals surface area contributed by atoms with E-state index in [0.29, 0.717) is 33.7 Å². The number of halogens is 1. The summed E-state index contributed by atoms with van der Waals surface area (Å²) in [6.07, 6.45) is 0. The van der Waals surface area contributed by atoms with Crippen LogP contribution >= 0.6 is 22.6 Å². The lowest BCUT2D eigenvalue weighted by molar-refractivity contribution is 0.0600. The number of methoxy groups -OCH3 is 1. The fraction of sp³-hybridized carbons (Fsp3) is 0.100. The maximum Gasteiger partial charge on any atom is 0.341 e. The molecule has 2 N–H and O–H groups in total. The van der Waals surface area contributed by atoms with Crippen LogP contribution in [0.2, 0.25) is 0 Å². The second-order valence-corrected chi connectivity index (χ2v) is 7.38. The molecule has 2 heterocycles.